The zero-order chi connectivity index (χ0) is 22.7. The van der Waals surface area contributed by atoms with Gasteiger partial charge in [-0.05, 0) is 45.4 Å². The molecule has 0 unspecified atom stereocenters. The van der Waals surface area contributed by atoms with Gasteiger partial charge in [0, 0.05) is 18.3 Å². The highest BCUT2D eigenvalue weighted by Crippen LogP contribution is 2.36. The molecule has 0 spiro atoms. The summed E-state index contributed by atoms with van der Waals surface area (Å²) in [7, 11) is 0. The van der Waals surface area contributed by atoms with Gasteiger partial charge in [-0.3, -0.25) is 14.0 Å². The maximum atomic E-state index is 13.7. The average Bonchev–Trinajstić information content (AvgIpc) is 3.33. The van der Waals surface area contributed by atoms with Gasteiger partial charge in [-0.2, -0.15) is 5.10 Å². The van der Waals surface area contributed by atoms with Crippen LogP contribution in [-0.2, 0) is 13.1 Å². The van der Waals surface area contributed by atoms with E-state index in [0.717, 1.165) is 22.6 Å². The minimum atomic E-state index is -0.188. The summed E-state index contributed by atoms with van der Waals surface area (Å²) in [6.07, 6.45) is 1.74. The van der Waals surface area contributed by atoms with E-state index in [2.05, 4.69) is 5.10 Å². The number of phenolic OH excluding ortho intramolecular Hbond substituents is 1. The van der Waals surface area contributed by atoms with Crippen molar-refractivity contribution in [3.8, 4) is 11.4 Å². The molecule has 0 saturated carbocycles. The lowest BCUT2D eigenvalue weighted by atomic mass is 10.1. The summed E-state index contributed by atoms with van der Waals surface area (Å²) in [6, 6.07) is 5.39. The second kappa shape index (κ2) is 7.08. The van der Waals surface area contributed by atoms with Crippen LogP contribution >= 0.6 is 0 Å². The lowest BCUT2D eigenvalue weighted by molar-refractivity contribution is 0.0709. The van der Waals surface area contributed by atoms with Crippen LogP contribution in [0.1, 0.15) is 38.6 Å². The number of nitrogens with zero attached hydrogens (tertiary/aromatic N) is 6. The zero-order valence-corrected chi connectivity index (χ0v) is 18.5. The molecule has 4 heterocycles. The molecule has 9 nitrogen and oxygen atoms in total. The minimum Gasteiger partial charge on any atom is -0.508 e. The summed E-state index contributed by atoms with van der Waals surface area (Å²) < 4.78 is 3.66. The number of hydrogen-bond donors (Lipinski definition) is 2. The van der Waals surface area contributed by atoms with Gasteiger partial charge in [0.15, 0.2) is 5.65 Å². The highest BCUT2D eigenvalue weighted by atomic mass is 16.3. The fourth-order valence-corrected chi connectivity index (χ4v) is 4.39. The third kappa shape index (κ3) is 2.84. The fraction of sp³-hybridized carbons (Fsp3) is 0.304. The van der Waals surface area contributed by atoms with Crippen molar-refractivity contribution in [2.24, 2.45) is 0 Å². The van der Waals surface area contributed by atoms with E-state index in [-0.39, 0.29) is 17.5 Å². The van der Waals surface area contributed by atoms with Gasteiger partial charge < -0.3 is 15.7 Å². The van der Waals surface area contributed by atoms with Crippen molar-refractivity contribution < 1.29 is 9.90 Å². The van der Waals surface area contributed by atoms with Gasteiger partial charge in [0.25, 0.3) is 5.91 Å². The van der Waals surface area contributed by atoms with Crippen molar-refractivity contribution in [1.82, 2.24) is 29.2 Å². The van der Waals surface area contributed by atoms with Gasteiger partial charge in [0.1, 0.15) is 22.6 Å². The van der Waals surface area contributed by atoms with Gasteiger partial charge >= 0.3 is 0 Å². The molecule has 3 N–H and O–H groups in total. The van der Waals surface area contributed by atoms with Crippen LogP contribution in [-0.4, -0.2) is 46.8 Å². The molecular weight excluding hydrogens is 406 g/mol. The first kappa shape index (κ1) is 20.0. The molecule has 0 radical (unpaired) electrons. The molecule has 4 aromatic rings. The molecule has 5 rings (SSSR count). The van der Waals surface area contributed by atoms with Crippen LogP contribution in [0.5, 0.6) is 5.75 Å². The third-order valence-electron chi connectivity index (χ3n) is 6.30. The number of nitrogens with two attached hydrogens (primary N) is 1. The Morgan fingerprint density at radius 1 is 1.06 bits per heavy atom. The molecule has 9 heteroatoms. The Hall–Kier alpha value is -3.88. The number of aromatic nitrogens is 5. The van der Waals surface area contributed by atoms with Gasteiger partial charge in [-0.1, -0.05) is 6.07 Å². The summed E-state index contributed by atoms with van der Waals surface area (Å²) >= 11 is 0. The van der Waals surface area contributed by atoms with E-state index in [1.165, 1.54) is 0 Å². The van der Waals surface area contributed by atoms with Gasteiger partial charge in [0.2, 0.25) is 0 Å². The molecule has 0 saturated heterocycles. The van der Waals surface area contributed by atoms with E-state index >= 15 is 0 Å². The first-order chi connectivity index (χ1) is 15.3. The fourth-order valence-electron chi connectivity index (χ4n) is 4.39. The SMILES string of the molecule is Cc1ccc(O)c(C)c1-n1c(N)c(C(=O)N2CCn3nccc3C2)c2nc(C)c(C)nc21. The molecule has 1 amide bonds. The Morgan fingerprint density at radius 2 is 1.81 bits per heavy atom. The predicted octanol–water partition coefficient (Wildman–Crippen LogP) is 2.79. The number of carbonyl (C=O) groups excluding carboxylic acids is 1. The Balaban J connectivity index is 1.75. The zero-order valence-electron chi connectivity index (χ0n) is 18.5. The van der Waals surface area contributed by atoms with E-state index in [4.69, 9.17) is 15.7 Å². The molecule has 0 fully saturated rings. The van der Waals surface area contributed by atoms with Crippen LogP contribution in [0, 0.1) is 27.7 Å². The van der Waals surface area contributed by atoms with E-state index in [0.29, 0.717) is 47.6 Å². The number of amides is 1. The monoisotopic (exact) mass is 431 g/mol. The molecule has 1 aliphatic rings. The van der Waals surface area contributed by atoms with E-state index < -0.39 is 0 Å². The number of anilines is 1. The van der Waals surface area contributed by atoms with Crippen LogP contribution in [0.15, 0.2) is 24.4 Å². The van der Waals surface area contributed by atoms with Crippen molar-refractivity contribution in [3.63, 3.8) is 0 Å². The van der Waals surface area contributed by atoms with Crippen LogP contribution in [0.3, 0.4) is 0 Å². The van der Waals surface area contributed by atoms with E-state index in [1.54, 1.807) is 21.7 Å². The van der Waals surface area contributed by atoms with Crippen molar-refractivity contribution in [1.29, 1.82) is 0 Å². The molecule has 1 aliphatic heterocycles. The Labute approximate surface area is 185 Å². The lowest BCUT2D eigenvalue weighted by Gasteiger charge is -2.27. The van der Waals surface area contributed by atoms with Crippen molar-refractivity contribution in [2.45, 2.75) is 40.8 Å². The predicted molar refractivity (Wildman–Crippen MR) is 121 cm³/mol. The first-order valence-electron chi connectivity index (χ1n) is 10.5. The van der Waals surface area contributed by atoms with Gasteiger partial charge in [-0.25, -0.2) is 9.97 Å². The summed E-state index contributed by atoms with van der Waals surface area (Å²) in [5.74, 6) is 0.235. The number of aryl methyl sites for hydroxylation is 3. The van der Waals surface area contributed by atoms with Gasteiger partial charge in [-0.15, -0.1) is 0 Å². The largest absolute Gasteiger partial charge is 0.508 e. The van der Waals surface area contributed by atoms with E-state index in [1.807, 2.05) is 44.5 Å². The number of fused-ring (bicyclic) bond motifs is 2. The van der Waals surface area contributed by atoms with Crippen LogP contribution in [0.4, 0.5) is 5.82 Å². The van der Waals surface area contributed by atoms with Crippen LogP contribution in [0.2, 0.25) is 0 Å². The smallest absolute Gasteiger partial charge is 0.260 e. The normalized spacial score (nSPS) is 13.6. The van der Waals surface area contributed by atoms with Crippen LogP contribution in [0.25, 0.3) is 16.9 Å². The quantitative estimate of drug-likeness (QED) is 0.504. The molecular formula is C23H25N7O2. The number of rotatable bonds is 2. The number of benzene rings is 1. The Kier molecular flexibility index (Phi) is 4.44. The number of carbonyl (C=O) groups is 1. The number of aromatic hydroxyl groups is 1. The second-order valence-electron chi connectivity index (χ2n) is 8.31. The molecule has 0 atom stereocenters. The van der Waals surface area contributed by atoms with E-state index in [9.17, 15) is 9.90 Å². The third-order valence-corrected chi connectivity index (χ3v) is 6.30. The highest BCUT2D eigenvalue weighted by molar-refractivity contribution is 6.10. The standard InChI is InChI=1S/C23H25N7O2/c1-12-5-6-17(31)13(2)20(12)30-21(24)18(19-22(30)27-15(4)14(3)26-19)23(32)28-9-10-29-16(11-28)7-8-25-29/h5-8,31H,9-11,24H2,1-4H3. The first-order valence-corrected chi connectivity index (χ1v) is 10.5. The summed E-state index contributed by atoms with van der Waals surface area (Å²) in [6.45, 7) is 9.12. The second-order valence-corrected chi connectivity index (χ2v) is 8.31. The van der Waals surface area contributed by atoms with Crippen molar-refractivity contribution in [3.05, 3.63) is 58.2 Å². The maximum absolute atomic E-state index is 13.7. The van der Waals surface area contributed by atoms with Gasteiger partial charge in [0.05, 0.1) is 35.9 Å². The summed E-state index contributed by atoms with van der Waals surface area (Å²) in [5, 5.41) is 14.7. The van der Waals surface area contributed by atoms with Crippen molar-refractivity contribution in [2.75, 3.05) is 12.3 Å². The Bertz CT molecular complexity index is 1400. The van der Waals surface area contributed by atoms with Crippen molar-refractivity contribution >= 4 is 22.9 Å². The highest BCUT2D eigenvalue weighted by Gasteiger charge is 2.31. The molecule has 1 aromatic carbocycles. The number of phenols is 1. The lowest BCUT2D eigenvalue weighted by Crippen LogP contribution is -2.38. The number of nitrogen functional groups attached to an aromatic ring is 1. The Morgan fingerprint density at radius 3 is 2.59 bits per heavy atom. The van der Waals surface area contributed by atoms with Crippen LogP contribution < -0.4 is 5.73 Å². The molecule has 0 bridgehead atoms. The molecule has 164 valence electrons. The maximum Gasteiger partial charge on any atom is 0.260 e. The summed E-state index contributed by atoms with van der Waals surface area (Å²) in [4.78, 5) is 25.0. The summed E-state index contributed by atoms with van der Waals surface area (Å²) in [5.41, 5.74) is 12.7. The number of hydrogen-bond acceptors (Lipinski definition) is 6. The topological polar surface area (TPSA) is 115 Å². The minimum absolute atomic E-state index is 0.154. The molecule has 0 aliphatic carbocycles. The average molecular weight is 432 g/mol. The molecule has 32 heavy (non-hydrogen) atoms. The molecule has 3 aromatic heterocycles.